The molecule has 0 aliphatic carbocycles. The number of nitrogens with one attached hydrogen (secondary N) is 3. The zero-order valence-corrected chi connectivity index (χ0v) is 23.1. The van der Waals surface area contributed by atoms with Crippen LogP contribution in [0.5, 0.6) is 5.75 Å². The number of rotatable bonds is 4. The van der Waals surface area contributed by atoms with E-state index in [2.05, 4.69) is 35.8 Å². The zero-order chi connectivity index (χ0) is 28.3. The van der Waals surface area contributed by atoms with Crippen LogP contribution in [0, 0.1) is 6.92 Å². The van der Waals surface area contributed by atoms with Crippen LogP contribution in [-0.4, -0.2) is 79.5 Å². The van der Waals surface area contributed by atoms with Gasteiger partial charge in [0.25, 0.3) is 11.8 Å². The molecule has 210 valence electrons. The fraction of sp³-hybridized carbons (Fsp3) is 0.286. The maximum Gasteiger partial charge on any atom is 0.274 e. The van der Waals surface area contributed by atoms with Crippen molar-refractivity contribution in [1.82, 2.24) is 34.9 Å². The second-order valence-electron chi connectivity index (χ2n) is 9.94. The third-order valence-corrected chi connectivity index (χ3v) is 7.27. The van der Waals surface area contributed by atoms with Crippen LogP contribution in [0.2, 0.25) is 5.02 Å². The second kappa shape index (κ2) is 11.4. The molecular formula is C28H28ClN9O3. The van der Waals surface area contributed by atoms with Crippen molar-refractivity contribution in [1.29, 1.82) is 0 Å². The summed E-state index contributed by atoms with van der Waals surface area (Å²) in [5.74, 6) is 1.22. The molecule has 6 rings (SSSR count). The molecule has 12 nitrogen and oxygen atoms in total. The number of benzene rings is 1. The predicted molar refractivity (Wildman–Crippen MR) is 153 cm³/mol. The molecule has 2 aliphatic heterocycles. The molecule has 4 aromatic rings. The van der Waals surface area contributed by atoms with Crippen molar-refractivity contribution in [3.8, 4) is 5.75 Å². The highest BCUT2D eigenvalue weighted by Crippen LogP contribution is 2.30. The van der Waals surface area contributed by atoms with Gasteiger partial charge in [-0.25, -0.2) is 4.98 Å². The molecule has 1 fully saturated rings. The smallest absolute Gasteiger partial charge is 0.274 e. The lowest BCUT2D eigenvalue weighted by Crippen LogP contribution is -2.51. The number of carbonyl (C=O) groups excluding carboxylic acids is 2. The van der Waals surface area contributed by atoms with E-state index in [1.54, 1.807) is 22.1 Å². The fourth-order valence-electron chi connectivity index (χ4n) is 4.83. The Balaban J connectivity index is 1.14. The number of halogens is 1. The number of fused-ring (bicyclic) bond motifs is 6. The summed E-state index contributed by atoms with van der Waals surface area (Å²) in [4.78, 5) is 42.3. The van der Waals surface area contributed by atoms with Crippen molar-refractivity contribution in [3.05, 3.63) is 76.5 Å². The summed E-state index contributed by atoms with van der Waals surface area (Å²) in [6.07, 6.45) is 6.44. The molecule has 3 aromatic heterocycles. The molecule has 3 N–H and O–H groups in total. The molecular weight excluding hydrogens is 546 g/mol. The van der Waals surface area contributed by atoms with Gasteiger partial charge in [0.1, 0.15) is 16.5 Å². The number of amides is 2. The first kappa shape index (κ1) is 26.5. The number of anilines is 4. The van der Waals surface area contributed by atoms with E-state index in [4.69, 9.17) is 16.3 Å². The van der Waals surface area contributed by atoms with Crippen molar-refractivity contribution in [2.24, 2.45) is 0 Å². The number of aromatic amines is 1. The third kappa shape index (κ3) is 6.07. The Morgan fingerprint density at radius 3 is 2.61 bits per heavy atom. The van der Waals surface area contributed by atoms with E-state index in [-0.39, 0.29) is 18.4 Å². The van der Waals surface area contributed by atoms with Gasteiger partial charge >= 0.3 is 0 Å². The fourth-order valence-corrected chi connectivity index (χ4v) is 4.96. The number of hydrogen-bond acceptors (Lipinski definition) is 9. The number of aromatic nitrogens is 5. The first-order valence-corrected chi connectivity index (χ1v) is 13.6. The van der Waals surface area contributed by atoms with Gasteiger partial charge in [0.05, 0.1) is 18.1 Å². The van der Waals surface area contributed by atoms with Crippen LogP contribution in [0.3, 0.4) is 0 Å². The molecule has 0 atom stereocenters. The topological polar surface area (TPSA) is 141 Å². The highest BCUT2D eigenvalue weighted by Gasteiger charge is 2.26. The number of piperazine rings is 1. The first-order chi connectivity index (χ1) is 19.9. The Kier molecular flexibility index (Phi) is 7.38. The van der Waals surface area contributed by atoms with Gasteiger partial charge in [-0.3, -0.25) is 19.7 Å². The molecule has 1 aromatic carbocycles. The van der Waals surface area contributed by atoms with E-state index in [0.717, 1.165) is 28.2 Å². The minimum atomic E-state index is -0.137. The summed E-state index contributed by atoms with van der Waals surface area (Å²) < 4.78 is 6.06. The third-order valence-electron chi connectivity index (χ3n) is 7.00. The molecule has 13 heteroatoms. The molecule has 0 unspecified atom stereocenters. The first-order valence-electron chi connectivity index (χ1n) is 13.3. The molecule has 6 bridgehead atoms. The maximum absolute atomic E-state index is 13.0. The lowest BCUT2D eigenvalue weighted by molar-refractivity contribution is -0.134. The maximum atomic E-state index is 13.0. The van der Waals surface area contributed by atoms with Crippen molar-refractivity contribution in [2.75, 3.05) is 43.4 Å². The summed E-state index contributed by atoms with van der Waals surface area (Å²) in [6.45, 7) is 3.50. The van der Waals surface area contributed by atoms with Crippen molar-refractivity contribution in [3.63, 3.8) is 0 Å². The Labute approximate surface area is 241 Å². The number of ether oxygens (including phenoxy) is 1. The number of H-pyrrole nitrogens is 1. The predicted octanol–water partition coefficient (Wildman–Crippen LogP) is 3.51. The van der Waals surface area contributed by atoms with Crippen LogP contribution in [0.4, 0.5) is 23.1 Å². The molecule has 2 amide bonds. The lowest BCUT2D eigenvalue weighted by atomic mass is 10.0. The summed E-state index contributed by atoms with van der Waals surface area (Å²) in [7, 11) is 0. The van der Waals surface area contributed by atoms with Crippen molar-refractivity contribution < 1.29 is 14.3 Å². The number of hydrogen-bond donors (Lipinski definition) is 3. The number of pyridine rings is 1. The van der Waals surface area contributed by atoms with Gasteiger partial charge in [-0.2, -0.15) is 10.1 Å². The summed E-state index contributed by atoms with van der Waals surface area (Å²) in [5, 5.41) is 13.7. The molecule has 0 radical (unpaired) electrons. The van der Waals surface area contributed by atoms with E-state index in [1.807, 2.05) is 37.4 Å². The number of aryl methyl sites for hydroxylation is 3. The van der Waals surface area contributed by atoms with E-state index in [9.17, 15) is 9.59 Å². The number of nitrogens with zero attached hydrogens (tertiary/aromatic N) is 6. The van der Waals surface area contributed by atoms with Crippen LogP contribution < -0.4 is 15.4 Å². The van der Waals surface area contributed by atoms with Crippen LogP contribution in [0.15, 0.2) is 48.9 Å². The SMILES string of the molecule is Cc1cc(C(=O)N2CCN(C(=O)COc3ccc4cc3CCc3cncc(c3)Nc3ncc(Cl)c(n3)N4)CC2)n[nH]1. The van der Waals surface area contributed by atoms with Gasteiger partial charge in [-0.15, -0.1) is 0 Å². The second-order valence-corrected chi connectivity index (χ2v) is 10.3. The van der Waals surface area contributed by atoms with Gasteiger partial charge in [-0.1, -0.05) is 11.6 Å². The van der Waals surface area contributed by atoms with Crippen LogP contribution in [0.1, 0.15) is 27.3 Å². The minimum absolute atomic E-state index is 0.103. The normalized spacial score (nSPS) is 14.6. The molecule has 1 saturated heterocycles. The average molecular weight is 574 g/mol. The van der Waals surface area contributed by atoms with E-state index >= 15 is 0 Å². The highest BCUT2D eigenvalue weighted by molar-refractivity contribution is 6.32. The van der Waals surface area contributed by atoms with Gasteiger partial charge in [-0.05, 0) is 61.2 Å². The standard InChI is InChI=1S/C28H28ClN9O3/c1-17-10-23(36-35-17)27(40)38-8-6-37(7-9-38)25(39)16-41-24-5-4-20-12-19(24)3-2-18-11-21(14-30-13-18)33-28-31-15-22(29)26(32-20)34-28/h4-5,10-15H,2-3,6-9,16H2,1H3,(H,35,36)(H2,31,32,33,34). The Bertz CT molecular complexity index is 1600. The van der Waals surface area contributed by atoms with Gasteiger partial charge < -0.3 is 25.2 Å². The monoisotopic (exact) mass is 573 g/mol. The quantitative estimate of drug-likeness (QED) is 0.334. The highest BCUT2D eigenvalue weighted by atomic mass is 35.5. The molecule has 2 aliphatic rings. The lowest BCUT2D eigenvalue weighted by Gasteiger charge is -2.34. The van der Waals surface area contributed by atoms with Gasteiger partial charge in [0.2, 0.25) is 5.95 Å². The van der Waals surface area contributed by atoms with E-state index < -0.39 is 0 Å². The van der Waals surface area contributed by atoms with Crippen LogP contribution in [0.25, 0.3) is 0 Å². The van der Waals surface area contributed by atoms with Gasteiger partial charge in [0.15, 0.2) is 12.4 Å². The largest absolute Gasteiger partial charge is 0.483 e. The molecule has 41 heavy (non-hydrogen) atoms. The van der Waals surface area contributed by atoms with E-state index in [0.29, 0.717) is 67.3 Å². The average Bonchev–Trinajstić information content (AvgIpc) is 3.43. The van der Waals surface area contributed by atoms with Crippen LogP contribution in [-0.2, 0) is 17.6 Å². The van der Waals surface area contributed by atoms with E-state index in [1.165, 1.54) is 6.20 Å². The Hall–Kier alpha value is -4.71. The molecule has 0 spiro atoms. The summed E-state index contributed by atoms with van der Waals surface area (Å²) in [5.41, 5.74) is 4.72. The van der Waals surface area contributed by atoms with Gasteiger partial charge in [0, 0.05) is 43.8 Å². The Morgan fingerprint density at radius 1 is 0.976 bits per heavy atom. The number of carbonyl (C=O) groups is 2. The summed E-state index contributed by atoms with van der Waals surface area (Å²) >= 11 is 6.36. The zero-order valence-electron chi connectivity index (χ0n) is 22.4. The van der Waals surface area contributed by atoms with Crippen LogP contribution >= 0.6 is 11.6 Å². The molecule has 5 heterocycles. The Morgan fingerprint density at radius 2 is 1.80 bits per heavy atom. The summed E-state index contributed by atoms with van der Waals surface area (Å²) in [6, 6.07) is 9.40. The van der Waals surface area contributed by atoms with Crippen molar-refractivity contribution in [2.45, 2.75) is 19.8 Å². The van der Waals surface area contributed by atoms with Crippen molar-refractivity contribution >= 4 is 46.6 Å². The molecule has 0 saturated carbocycles. The minimum Gasteiger partial charge on any atom is -0.483 e.